The lowest BCUT2D eigenvalue weighted by molar-refractivity contribution is -0.0373. The summed E-state index contributed by atoms with van der Waals surface area (Å²) in [5, 5.41) is 8.70. The van der Waals surface area contributed by atoms with Crippen molar-refractivity contribution in [2.45, 2.75) is 33.0 Å². The van der Waals surface area contributed by atoms with E-state index < -0.39 is 0 Å². The van der Waals surface area contributed by atoms with Crippen molar-refractivity contribution in [1.82, 2.24) is 0 Å². The summed E-state index contributed by atoms with van der Waals surface area (Å²) in [6.07, 6.45) is -0.141. The average Bonchev–Trinajstić information content (AvgIpc) is 2.21. The highest BCUT2D eigenvalue weighted by atomic mass is 16.6. The van der Waals surface area contributed by atoms with Crippen LogP contribution < -0.4 is 0 Å². The Bertz CT molecular complexity index is 119. The molecule has 0 saturated heterocycles. The Morgan fingerprint density at radius 1 is 1.29 bits per heavy atom. The van der Waals surface area contributed by atoms with Crippen LogP contribution in [-0.2, 0) is 14.2 Å². The molecule has 14 heavy (non-hydrogen) atoms. The fourth-order valence-corrected chi connectivity index (χ4v) is 0.761. The molecule has 1 N–H and O–H groups in total. The van der Waals surface area contributed by atoms with Crippen LogP contribution in [0.5, 0.6) is 0 Å². The number of aliphatic hydroxyl groups excluding tert-OH is 1. The summed E-state index contributed by atoms with van der Waals surface area (Å²) in [5.41, 5.74) is 0. The van der Waals surface area contributed by atoms with Crippen molar-refractivity contribution in [3.63, 3.8) is 0 Å². The zero-order valence-electron chi connectivity index (χ0n) is 9.23. The molecule has 0 heterocycles. The van der Waals surface area contributed by atoms with Gasteiger partial charge in [0.05, 0.1) is 32.0 Å². The number of aliphatic hydroxyl groups is 1. The van der Waals surface area contributed by atoms with E-state index in [-0.39, 0.29) is 18.8 Å². The Morgan fingerprint density at radius 3 is 2.57 bits per heavy atom. The average molecular weight is 205 g/mol. The molecule has 2 atom stereocenters. The molecule has 0 aromatic carbocycles. The maximum Gasteiger partial charge on any atom is 0.110 e. The van der Waals surface area contributed by atoms with E-state index in [2.05, 4.69) is 0 Å². The van der Waals surface area contributed by atoms with Gasteiger partial charge in [-0.1, -0.05) is 0 Å². The fraction of sp³-hybridized carbons (Fsp3) is 0.900. The molecule has 4 nitrogen and oxygen atoms in total. The molecule has 0 spiro atoms. The lowest BCUT2D eigenvalue weighted by Gasteiger charge is -2.15. The summed E-state index contributed by atoms with van der Waals surface area (Å²) in [6.45, 7) is 8.98. The number of hydrogen-bond acceptors (Lipinski definition) is 4. The summed E-state index contributed by atoms with van der Waals surface area (Å²) >= 11 is 0. The quantitative estimate of drug-likeness (QED) is 0.570. The first kappa shape index (κ1) is 13.8. The molecule has 0 rings (SSSR count). The molecule has 0 aromatic rings. The van der Waals surface area contributed by atoms with Gasteiger partial charge < -0.3 is 19.3 Å². The normalized spacial score (nSPS) is 15.4. The van der Waals surface area contributed by atoms with Gasteiger partial charge in [0.25, 0.3) is 0 Å². The molecule has 0 fully saturated rings. The van der Waals surface area contributed by atoms with Crippen molar-refractivity contribution in [3.05, 3.63) is 6.61 Å². The van der Waals surface area contributed by atoms with Gasteiger partial charge in [-0.05, 0) is 20.8 Å². The first-order valence-corrected chi connectivity index (χ1v) is 4.98. The van der Waals surface area contributed by atoms with Crippen LogP contribution in [0.3, 0.4) is 0 Å². The number of ether oxygens (including phenoxy) is 3. The second-order valence-corrected chi connectivity index (χ2v) is 3.10. The van der Waals surface area contributed by atoms with Crippen LogP contribution in [0.25, 0.3) is 0 Å². The predicted molar refractivity (Wildman–Crippen MR) is 53.8 cm³/mol. The van der Waals surface area contributed by atoms with Crippen LogP contribution in [0.1, 0.15) is 20.8 Å². The molecule has 0 saturated carbocycles. The van der Waals surface area contributed by atoms with E-state index in [1.54, 1.807) is 6.61 Å². The molecular weight excluding hydrogens is 184 g/mol. The van der Waals surface area contributed by atoms with Gasteiger partial charge in [0.2, 0.25) is 0 Å². The van der Waals surface area contributed by atoms with Crippen LogP contribution in [0.15, 0.2) is 0 Å². The van der Waals surface area contributed by atoms with Gasteiger partial charge in [0.1, 0.15) is 6.61 Å². The highest BCUT2D eigenvalue weighted by Crippen LogP contribution is 1.98. The Labute approximate surface area is 86.2 Å². The molecule has 4 heteroatoms. The van der Waals surface area contributed by atoms with Gasteiger partial charge in [-0.2, -0.15) is 0 Å². The third-order valence-corrected chi connectivity index (χ3v) is 1.59. The molecule has 0 aliphatic rings. The third-order valence-electron chi connectivity index (χ3n) is 1.59. The monoisotopic (exact) mass is 205 g/mol. The highest BCUT2D eigenvalue weighted by Gasteiger charge is 2.05. The molecule has 85 valence electrons. The summed E-state index contributed by atoms with van der Waals surface area (Å²) < 4.78 is 15.6. The van der Waals surface area contributed by atoms with Gasteiger partial charge >= 0.3 is 0 Å². The maximum atomic E-state index is 8.70. The molecular formula is C10H21O4. The smallest absolute Gasteiger partial charge is 0.110 e. The number of rotatable bonds is 9. The fourth-order valence-electron chi connectivity index (χ4n) is 0.761. The molecule has 0 aliphatic carbocycles. The lowest BCUT2D eigenvalue weighted by Crippen LogP contribution is -2.22. The van der Waals surface area contributed by atoms with Gasteiger partial charge in [0, 0.05) is 6.61 Å². The minimum atomic E-state index is -0.132. The van der Waals surface area contributed by atoms with Crippen LogP contribution in [-0.4, -0.2) is 43.7 Å². The standard InChI is InChI=1S/C10H21O4/c1-4-12-5-6-13-10(3)8-14-9(2)7-11/h6,9-11H,4-5,7-8H2,1-3H3. The summed E-state index contributed by atoms with van der Waals surface area (Å²) in [4.78, 5) is 0. The Kier molecular flexibility index (Phi) is 9.29. The first-order chi connectivity index (χ1) is 6.70. The van der Waals surface area contributed by atoms with Gasteiger partial charge in [-0.25, -0.2) is 0 Å². The predicted octanol–water partition coefficient (Wildman–Crippen LogP) is 0.987. The van der Waals surface area contributed by atoms with Crippen LogP contribution in [0, 0.1) is 6.61 Å². The topological polar surface area (TPSA) is 47.9 Å². The van der Waals surface area contributed by atoms with E-state index in [1.807, 2.05) is 20.8 Å². The van der Waals surface area contributed by atoms with E-state index in [4.69, 9.17) is 19.3 Å². The Hall–Kier alpha value is -0.160. The van der Waals surface area contributed by atoms with Crippen molar-refractivity contribution in [1.29, 1.82) is 0 Å². The van der Waals surface area contributed by atoms with E-state index >= 15 is 0 Å². The van der Waals surface area contributed by atoms with E-state index in [9.17, 15) is 0 Å². The summed E-state index contributed by atoms with van der Waals surface area (Å²) in [5.74, 6) is 0. The van der Waals surface area contributed by atoms with Gasteiger partial charge in [-0.15, -0.1) is 0 Å². The molecule has 0 bridgehead atoms. The van der Waals surface area contributed by atoms with Crippen LogP contribution >= 0.6 is 0 Å². The second kappa shape index (κ2) is 9.40. The zero-order valence-corrected chi connectivity index (χ0v) is 9.23. The summed E-state index contributed by atoms with van der Waals surface area (Å²) in [7, 11) is 0. The van der Waals surface area contributed by atoms with Crippen molar-refractivity contribution in [2.75, 3.05) is 26.4 Å². The van der Waals surface area contributed by atoms with Crippen molar-refractivity contribution < 1.29 is 19.3 Å². The highest BCUT2D eigenvalue weighted by molar-refractivity contribution is 4.56. The van der Waals surface area contributed by atoms with E-state index in [0.29, 0.717) is 19.8 Å². The SMILES string of the molecule is CCOC[CH]OC(C)COC(C)CO. The van der Waals surface area contributed by atoms with Gasteiger partial charge in [-0.3, -0.25) is 0 Å². The van der Waals surface area contributed by atoms with Crippen molar-refractivity contribution >= 4 is 0 Å². The summed E-state index contributed by atoms with van der Waals surface area (Å²) in [6, 6.07) is 0. The van der Waals surface area contributed by atoms with Crippen LogP contribution in [0.2, 0.25) is 0 Å². The largest absolute Gasteiger partial charge is 0.394 e. The maximum absolute atomic E-state index is 8.70. The third kappa shape index (κ3) is 8.44. The zero-order chi connectivity index (χ0) is 10.8. The van der Waals surface area contributed by atoms with Crippen molar-refractivity contribution in [3.8, 4) is 0 Å². The van der Waals surface area contributed by atoms with Gasteiger partial charge in [0.15, 0.2) is 0 Å². The van der Waals surface area contributed by atoms with Crippen LogP contribution in [0.4, 0.5) is 0 Å². The molecule has 2 unspecified atom stereocenters. The van der Waals surface area contributed by atoms with Crippen molar-refractivity contribution in [2.24, 2.45) is 0 Å². The Balaban J connectivity index is 3.23. The molecule has 0 aromatic heterocycles. The molecule has 1 radical (unpaired) electrons. The minimum absolute atomic E-state index is 0.00976. The molecule has 0 amide bonds. The first-order valence-electron chi connectivity index (χ1n) is 4.98. The van der Waals surface area contributed by atoms with E-state index in [1.165, 1.54) is 0 Å². The Morgan fingerprint density at radius 2 is 2.00 bits per heavy atom. The second-order valence-electron chi connectivity index (χ2n) is 3.10. The lowest BCUT2D eigenvalue weighted by atomic mass is 10.4. The number of hydrogen-bond donors (Lipinski definition) is 1. The molecule has 0 aliphatic heterocycles. The minimum Gasteiger partial charge on any atom is -0.394 e. The van der Waals surface area contributed by atoms with E-state index in [0.717, 1.165) is 0 Å².